The molecule has 0 aliphatic carbocycles. The predicted octanol–water partition coefficient (Wildman–Crippen LogP) is 2.63. The van der Waals surface area contributed by atoms with Gasteiger partial charge < -0.3 is 9.47 Å². The summed E-state index contributed by atoms with van der Waals surface area (Å²) in [6.45, 7) is 7.07. The molecular weight excluding hydrogens is 276 g/mol. The SMILES string of the molecule is COCC1CN(CCc2ccc(F)c(F)c2)CC(C)(C)O1. The normalized spacial score (nSPS) is 22.4. The van der Waals surface area contributed by atoms with Crippen LogP contribution in [0.25, 0.3) is 0 Å². The first-order chi connectivity index (χ1) is 9.89. The van der Waals surface area contributed by atoms with Gasteiger partial charge in [0.25, 0.3) is 0 Å². The van der Waals surface area contributed by atoms with Gasteiger partial charge in [0.05, 0.1) is 18.3 Å². The van der Waals surface area contributed by atoms with Crippen LogP contribution in [0.1, 0.15) is 19.4 Å². The lowest BCUT2D eigenvalue weighted by atomic mass is 10.0. The van der Waals surface area contributed by atoms with Crippen LogP contribution in [0.2, 0.25) is 0 Å². The number of rotatable bonds is 5. The largest absolute Gasteiger partial charge is 0.382 e. The van der Waals surface area contributed by atoms with E-state index in [1.807, 2.05) is 0 Å². The van der Waals surface area contributed by atoms with Gasteiger partial charge >= 0.3 is 0 Å². The van der Waals surface area contributed by atoms with Gasteiger partial charge in [0, 0.05) is 26.7 Å². The molecule has 1 aliphatic rings. The van der Waals surface area contributed by atoms with E-state index in [-0.39, 0.29) is 11.7 Å². The number of nitrogens with zero attached hydrogens (tertiary/aromatic N) is 1. The van der Waals surface area contributed by atoms with Gasteiger partial charge in [0.15, 0.2) is 11.6 Å². The maximum atomic E-state index is 13.2. The van der Waals surface area contributed by atoms with E-state index in [1.165, 1.54) is 12.1 Å². The maximum Gasteiger partial charge on any atom is 0.159 e. The van der Waals surface area contributed by atoms with Crippen molar-refractivity contribution < 1.29 is 18.3 Å². The minimum atomic E-state index is -0.800. The van der Waals surface area contributed by atoms with Crippen molar-refractivity contribution in [2.45, 2.75) is 32.0 Å². The van der Waals surface area contributed by atoms with E-state index in [4.69, 9.17) is 9.47 Å². The third-order valence-corrected chi connectivity index (χ3v) is 3.61. The van der Waals surface area contributed by atoms with E-state index in [2.05, 4.69) is 18.7 Å². The van der Waals surface area contributed by atoms with Gasteiger partial charge in [-0.2, -0.15) is 0 Å². The van der Waals surface area contributed by atoms with Crippen molar-refractivity contribution in [2.75, 3.05) is 33.4 Å². The zero-order valence-electron chi connectivity index (χ0n) is 12.9. The molecule has 0 N–H and O–H groups in total. The molecule has 1 atom stereocenters. The minimum absolute atomic E-state index is 0.0451. The Morgan fingerprint density at radius 3 is 2.76 bits per heavy atom. The van der Waals surface area contributed by atoms with E-state index in [9.17, 15) is 8.78 Å². The average Bonchev–Trinajstić information content (AvgIpc) is 2.39. The van der Waals surface area contributed by atoms with Gasteiger partial charge in [-0.25, -0.2) is 8.78 Å². The van der Waals surface area contributed by atoms with Crippen LogP contribution in [0, 0.1) is 11.6 Å². The van der Waals surface area contributed by atoms with E-state index < -0.39 is 11.6 Å². The molecule has 118 valence electrons. The zero-order valence-corrected chi connectivity index (χ0v) is 12.9. The first-order valence-electron chi connectivity index (χ1n) is 7.23. The highest BCUT2D eigenvalue weighted by Crippen LogP contribution is 2.21. The summed E-state index contributed by atoms with van der Waals surface area (Å²) in [6, 6.07) is 4.09. The number of hydrogen-bond acceptors (Lipinski definition) is 3. The van der Waals surface area contributed by atoms with Gasteiger partial charge in [-0.1, -0.05) is 6.07 Å². The Bertz CT molecular complexity index is 479. The summed E-state index contributed by atoms with van der Waals surface area (Å²) in [5.41, 5.74) is 0.580. The summed E-state index contributed by atoms with van der Waals surface area (Å²) in [7, 11) is 1.66. The van der Waals surface area contributed by atoms with Crippen LogP contribution in [0.4, 0.5) is 8.78 Å². The lowest BCUT2D eigenvalue weighted by Gasteiger charge is -2.42. The average molecular weight is 299 g/mol. The molecule has 21 heavy (non-hydrogen) atoms. The van der Waals surface area contributed by atoms with Crippen LogP contribution in [0.15, 0.2) is 18.2 Å². The summed E-state index contributed by atoms with van der Waals surface area (Å²) in [4.78, 5) is 2.29. The van der Waals surface area contributed by atoms with E-state index in [0.29, 0.717) is 13.0 Å². The molecule has 3 nitrogen and oxygen atoms in total. The fraction of sp³-hybridized carbons (Fsp3) is 0.625. The van der Waals surface area contributed by atoms with Crippen LogP contribution in [-0.2, 0) is 15.9 Å². The molecule has 0 amide bonds. The summed E-state index contributed by atoms with van der Waals surface area (Å²) in [5, 5.41) is 0. The second-order valence-electron chi connectivity index (χ2n) is 6.19. The van der Waals surface area contributed by atoms with Crippen molar-refractivity contribution >= 4 is 0 Å². The Labute approximate surface area is 124 Å². The first-order valence-corrected chi connectivity index (χ1v) is 7.23. The van der Waals surface area contributed by atoms with E-state index in [1.54, 1.807) is 13.2 Å². The number of morpholine rings is 1. The van der Waals surface area contributed by atoms with Crippen molar-refractivity contribution in [3.63, 3.8) is 0 Å². The van der Waals surface area contributed by atoms with Gasteiger partial charge in [-0.3, -0.25) is 4.90 Å². The molecule has 1 heterocycles. The molecule has 1 saturated heterocycles. The van der Waals surface area contributed by atoms with Crippen molar-refractivity contribution in [3.8, 4) is 0 Å². The highest BCUT2D eigenvalue weighted by Gasteiger charge is 2.32. The second-order valence-corrected chi connectivity index (χ2v) is 6.19. The number of methoxy groups -OCH3 is 1. The molecule has 0 saturated carbocycles. The Kier molecular flexibility index (Phi) is 5.30. The van der Waals surface area contributed by atoms with Crippen LogP contribution < -0.4 is 0 Å². The molecule has 0 bridgehead atoms. The maximum absolute atomic E-state index is 13.2. The number of hydrogen-bond donors (Lipinski definition) is 0. The van der Waals surface area contributed by atoms with Gasteiger partial charge in [0.1, 0.15) is 0 Å². The predicted molar refractivity (Wildman–Crippen MR) is 77.3 cm³/mol. The third-order valence-electron chi connectivity index (χ3n) is 3.61. The van der Waals surface area contributed by atoms with Crippen molar-refractivity contribution in [1.29, 1.82) is 0 Å². The summed E-state index contributed by atoms with van der Waals surface area (Å²) in [5.74, 6) is -1.58. The van der Waals surface area contributed by atoms with E-state index >= 15 is 0 Å². The molecule has 0 spiro atoms. The molecular formula is C16H23F2NO2. The van der Waals surface area contributed by atoms with E-state index in [0.717, 1.165) is 25.2 Å². The van der Waals surface area contributed by atoms with Crippen LogP contribution in [0.5, 0.6) is 0 Å². The molecule has 1 aromatic rings. The smallest absolute Gasteiger partial charge is 0.159 e. The Morgan fingerprint density at radius 2 is 2.10 bits per heavy atom. The van der Waals surface area contributed by atoms with Crippen molar-refractivity contribution in [3.05, 3.63) is 35.4 Å². The molecule has 1 unspecified atom stereocenters. The molecule has 0 radical (unpaired) electrons. The lowest BCUT2D eigenvalue weighted by Crippen LogP contribution is -2.54. The molecule has 2 rings (SSSR count). The summed E-state index contributed by atoms with van der Waals surface area (Å²) < 4.78 is 37.2. The van der Waals surface area contributed by atoms with Gasteiger partial charge in [-0.05, 0) is 38.0 Å². The molecule has 1 aliphatic heterocycles. The fourth-order valence-electron chi connectivity index (χ4n) is 2.84. The lowest BCUT2D eigenvalue weighted by molar-refractivity contribution is -0.152. The Hall–Kier alpha value is -1.04. The van der Waals surface area contributed by atoms with Gasteiger partial charge in [0.2, 0.25) is 0 Å². The van der Waals surface area contributed by atoms with Crippen molar-refractivity contribution in [2.24, 2.45) is 0 Å². The highest BCUT2D eigenvalue weighted by molar-refractivity contribution is 5.18. The Morgan fingerprint density at radius 1 is 1.33 bits per heavy atom. The molecule has 5 heteroatoms. The topological polar surface area (TPSA) is 21.7 Å². The monoisotopic (exact) mass is 299 g/mol. The fourth-order valence-corrected chi connectivity index (χ4v) is 2.84. The van der Waals surface area contributed by atoms with Crippen LogP contribution in [-0.4, -0.2) is 50.0 Å². The summed E-state index contributed by atoms with van der Waals surface area (Å²) in [6.07, 6.45) is 0.733. The third kappa shape index (κ3) is 4.73. The Balaban J connectivity index is 1.93. The van der Waals surface area contributed by atoms with Gasteiger partial charge in [-0.15, -0.1) is 0 Å². The second kappa shape index (κ2) is 6.81. The standard InChI is InChI=1S/C16H23F2NO2/c1-16(2)11-19(9-13(21-16)10-20-3)7-6-12-4-5-14(17)15(18)8-12/h4-5,8,13H,6-7,9-11H2,1-3H3. The quantitative estimate of drug-likeness (QED) is 0.834. The van der Waals surface area contributed by atoms with Crippen molar-refractivity contribution in [1.82, 2.24) is 4.90 Å². The molecule has 0 aromatic heterocycles. The number of benzene rings is 1. The molecule has 1 fully saturated rings. The summed E-state index contributed by atoms with van der Waals surface area (Å²) >= 11 is 0. The zero-order chi connectivity index (χ0) is 15.5. The highest BCUT2D eigenvalue weighted by atomic mass is 19.2. The number of halogens is 2. The number of ether oxygens (including phenoxy) is 2. The van der Waals surface area contributed by atoms with Crippen LogP contribution in [0.3, 0.4) is 0 Å². The molecule has 1 aromatic carbocycles. The first kappa shape index (κ1) is 16.3. The minimum Gasteiger partial charge on any atom is -0.382 e. The van der Waals surface area contributed by atoms with Crippen LogP contribution >= 0.6 is 0 Å².